The molecule has 0 spiro atoms. The van der Waals surface area contributed by atoms with Crippen molar-refractivity contribution in [2.45, 2.75) is 26.2 Å². The Hall–Kier alpha value is -1.53. The molecule has 0 unspecified atom stereocenters. The van der Waals surface area contributed by atoms with Gasteiger partial charge in [0, 0.05) is 18.0 Å². The van der Waals surface area contributed by atoms with E-state index in [9.17, 15) is 0 Å². The lowest BCUT2D eigenvalue weighted by atomic mass is 9.95. The third-order valence-corrected chi connectivity index (χ3v) is 2.88. The average molecular weight is 228 g/mol. The minimum Gasteiger partial charge on any atom is -0.229 e. The van der Waals surface area contributed by atoms with Crippen molar-refractivity contribution in [2.24, 2.45) is 0 Å². The smallest absolute Gasteiger partial charge is 0.204 e. The van der Waals surface area contributed by atoms with Crippen LogP contribution in [0.1, 0.15) is 37.6 Å². The molecule has 0 saturated heterocycles. The standard InChI is InChI=1S/C13H12N2S/c1-2-3-13-14-8-11(9-15-13)10-4-6-12(16)7-5-10/h4,8-9H,5-7H2,1H3. The first-order valence-corrected chi connectivity index (χ1v) is 5.66. The maximum Gasteiger partial charge on any atom is 0.204 e. The molecule has 0 amide bonds. The van der Waals surface area contributed by atoms with E-state index < -0.39 is 0 Å². The fourth-order valence-electron chi connectivity index (χ4n) is 1.65. The lowest BCUT2D eigenvalue weighted by Crippen LogP contribution is -2.02. The minimum absolute atomic E-state index is 0.582. The summed E-state index contributed by atoms with van der Waals surface area (Å²) in [4.78, 5) is 9.55. The van der Waals surface area contributed by atoms with E-state index in [-0.39, 0.29) is 0 Å². The van der Waals surface area contributed by atoms with Crippen LogP contribution in [0.25, 0.3) is 5.57 Å². The molecule has 1 aliphatic carbocycles. The van der Waals surface area contributed by atoms with Crippen molar-refractivity contribution in [3.63, 3.8) is 0 Å². The Morgan fingerprint density at radius 2 is 2.00 bits per heavy atom. The molecule has 2 rings (SSSR count). The molecule has 1 aromatic heterocycles. The molecule has 3 heteroatoms. The van der Waals surface area contributed by atoms with Crippen molar-refractivity contribution in [1.82, 2.24) is 9.97 Å². The molecular formula is C13H12N2S. The molecule has 16 heavy (non-hydrogen) atoms. The van der Waals surface area contributed by atoms with E-state index in [0.717, 1.165) is 29.7 Å². The van der Waals surface area contributed by atoms with E-state index in [1.807, 2.05) is 12.4 Å². The van der Waals surface area contributed by atoms with Crippen LogP contribution in [0.5, 0.6) is 0 Å². The van der Waals surface area contributed by atoms with Crippen molar-refractivity contribution in [1.29, 1.82) is 0 Å². The van der Waals surface area contributed by atoms with Crippen LogP contribution in [0.4, 0.5) is 0 Å². The Kier molecular flexibility index (Phi) is 3.43. The van der Waals surface area contributed by atoms with Crippen LogP contribution in [0.15, 0.2) is 18.5 Å². The van der Waals surface area contributed by atoms with Gasteiger partial charge in [-0.25, -0.2) is 9.97 Å². The molecule has 1 heterocycles. The van der Waals surface area contributed by atoms with Crippen molar-refractivity contribution in [3.05, 3.63) is 29.9 Å². The predicted molar refractivity (Wildman–Crippen MR) is 69.0 cm³/mol. The molecule has 80 valence electrons. The number of thiocarbonyl (C=S) groups is 1. The largest absolute Gasteiger partial charge is 0.229 e. The summed E-state index contributed by atoms with van der Waals surface area (Å²) in [7, 11) is 0. The maximum atomic E-state index is 5.17. The third kappa shape index (κ3) is 2.53. The second-order valence-electron chi connectivity index (χ2n) is 3.64. The fourth-order valence-corrected chi connectivity index (χ4v) is 1.83. The molecule has 0 aliphatic heterocycles. The lowest BCUT2D eigenvalue weighted by Gasteiger charge is -2.12. The fraction of sp³-hybridized carbons (Fsp3) is 0.308. The van der Waals surface area contributed by atoms with Gasteiger partial charge in [-0.05, 0) is 42.5 Å². The molecule has 0 atom stereocenters. The highest BCUT2D eigenvalue weighted by Crippen LogP contribution is 2.24. The second-order valence-corrected chi connectivity index (χ2v) is 4.22. The van der Waals surface area contributed by atoms with Gasteiger partial charge in [0.1, 0.15) is 0 Å². The summed E-state index contributed by atoms with van der Waals surface area (Å²) in [6.07, 6.45) is 8.76. The summed E-state index contributed by atoms with van der Waals surface area (Å²) in [5.74, 6) is 6.20. The van der Waals surface area contributed by atoms with Gasteiger partial charge in [-0.1, -0.05) is 24.2 Å². The van der Waals surface area contributed by atoms with Gasteiger partial charge in [0.25, 0.3) is 0 Å². The second kappa shape index (κ2) is 5.00. The van der Waals surface area contributed by atoms with Gasteiger partial charge in [0.2, 0.25) is 5.82 Å². The molecule has 0 radical (unpaired) electrons. The van der Waals surface area contributed by atoms with Crippen LogP contribution in [-0.2, 0) is 0 Å². The molecule has 1 aromatic rings. The van der Waals surface area contributed by atoms with Crippen molar-refractivity contribution in [3.8, 4) is 11.8 Å². The summed E-state index contributed by atoms with van der Waals surface area (Å²) in [6, 6.07) is 0. The Labute approximate surface area is 101 Å². The van der Waals surface area contributed by atoms with E-state index in [2.05, 4.69) is 27.9 Å². The molecule has 0 aromatic carbocycles. The van der Waals surface area contributed by atoms with Crippen LogP contribution in [0.3, 0.4) is 0 Å². The molecule has 0 saturated carbocycles. The van der Waals surface area contributed by atoms with E-state index in [1.165, 1.54) is 5.57 Å². The predicted octanol–water partition coefficient (Wildman–Crippen LogP) is 2.79. The van der Waals surface area contributed by atoms with Crippen LogP contribution in [-0.4, -0.2) is 14.8 Å². The number of nitrogens with zero attached hydrogens (tertiary/aromatic N) is 2. The Balaban J connectivity index is 2.21. The summed E-state index contributed by atoms with van der Waals surface area (Å²) in [5.41, 5.74) is 2.38. The van der Waals surface area contributed by atoms with Crippen molar-refractivity contribution in [2.75, 3.05) is 0 Å². The highest BCUT2D eigenvalue weighted by Gasteiger charge is 2.09. The maximum absolute atomic E-state index is 5.17. The molecule has 2 nitrogen and oxygen atoms in total. The first-order valence-electron chi connectivity index (χ1n) is 5.25. The first-order chi connectivity index (χ1) is 7.79. The summed E-state index contributed by atoms with van der Waals surface area (Å²) in [6.45, 7) is 1.78. The van der Waals surface area contributed by atoms with Crippen molar-refractivity contribution >= 4 is 22.7 Å². The SMILES string of the molecule is CC#Cc1ncc(C2=CCC(=S)CC2)cn1. The summed E-state index contributed by atoms with van der Waals surface area (Å²) < 4.78 is 0. The molecule has 0 bridgehead atoms. The van der Waals surface area contributed by atoms with Gasteiger partial charge in [-0.3, -0.25) is 0 Å². The number of hydrogen-bond acceptors (Lipinski definition) is 3. The van der Waals surface area contributed by atoms with Crippen LogP contribution >= 0.6 is 12.2 Å². The number of rotatable bonds is 1. The monoisotopic (exact) mass is 228 g/mol. The number of aromatic nitrogens is 2. The van der Waals surface area contributed by atoms with Gasteiger partial charge in [-0.2, -0.15) is 0 Å². The Bertz CT molecular complexity index is 489. The highest BCUT2D eigenvalue weighted by atomic mass is 32.1. The van der Waals surface area contributed by atoms with E-state index in [1.54, 1.807) is 6.92 Å². The van der Waals surface area contributed by atoms with E-state index >= 15 is 0 Å². The zero-order chi connectivity index (χ0) is 11.4. The molecule has 0 fully saturated rings. The lowest BCUT2D eigenvalue weighted by molar-refractivity contribution is 1.05. The van der Waals surface area contributed by atoms with E-state index in [4.69, 9.17) is 12.2 Å². The number of allylic oxidation sites excluding steroid dienone is 2. The zero-order valence-corrected chi connectivity index (χ0v) is 9.97. The summed E-state index contributed by atoms with van der Waals surface area (Å²) in [5, 5.41) is 0. The summed E-state index contributed by atoms with van der Waals surface area (Å²) >= 11 is 5.17. The Morgan fingerprint density at radius 1 is 1.25 bits per heavy atom. The van der Waals surface area contributed by atoms with Crippen molar-refractivity contribution < 1.29 is 0 Å². The Morgan fingerprint density at radius 3 is 2.56 bits per heavy atom. The van der Waals surface area contributed by atoms with Crippen LogP contribution in [0.2, 0.25) is 0 Å². The molecule has 0 N–H and O–H groups in total. The quantitative estimate of drug-likeness (QED) is 0.546. The average Bonchev–Trinajstić information content (AvgIpc) is 2.32. The zero-order valence-electron chi connectivity index (χ0n) is 9.16. The van der Waals surface area contributed by atoms with Gasteiger partial charge < -0.3 is 0 Å². The number of hydrogen-bond donors (Lipinski definition) is 0. The molecular weight excluding hydrogens is 216 g/mol. The minimum atomic E-state index is 0.582. The normalized spacial score (nSPS) is 15.1. The topological polar surface area (TPSA) is 25.8 Å². The van der Waals surface area contributed by atoms with E-state index in [0.29, 0.717) is 5.82 Å². The van der Waals surface area contributed by atoms with Gasteiger partial charge in [0.05, 0.1) is 0 Å². The van der Waals surface area contributed by atoms with Gasteiger partial charge in [-0.15, -0.1) is 0 Å². The first kappa shape index (κ1) is 11.0. The van der Waals surface area contributed by atoms with Crippen LogP contribution < -0.4 is 0 Å². The van der Waals surface area contributed by atoms with Crippen LogP contribution in [0, 0.1) is 11.8 Å². The van der Waals surface area contributed by atoms with Gasteiger partial charge >= 0.3 is 0 Å². The third-order valence-electron chi connectivity index (χ3n) is 2.51. The highest BCUT2D eigenvalue weighted by molar-refractivity contribution is 7.80. The van der Waals surface area contributed by atoms with Gasteiger partial charge in [0.15, 0.2) is 0 Å². The molecule has 1 aliphatic rings.